The molecule has 1 aromatic carbocycles. The molecule has 0 aliphatic heterocycles. The fourth-order valence-corrected chi connectivity index (χ4v) is 2.93. The number of amides is 1. The molecule has 0 saturated heterocycles. The fraction of sp³-hybridized carbons (Fsp3) is 0.150. The SMILES string of the molecule is COc1ccc(C)cc1NC(=O)C(C#N)=Cc1ccc(Cn2cc(Cl)c([N+](=O)[O-])n2)o1. The lowest BCUT2D eigenvalue weighted by atomic mass is 10.2. The molecule has 0 fully saturated rings. The van der Waals surface area contributed by atoms with Crippen LogP contribution in [0.5, 0.6) is 5.75 Å². The number of nitriles is 1. The quantitative estimate of drug-likeness (QED) is 0.253. The van der Waals surface area contributed by atoms with E-state index in [1.807, 2.05) is 19.1 Å². The number of hydrogen-bond acceptors (Lipinski definition) is 7. The van der Waals surface area contributed by atoms with Crippen LogP contribution in [-0.2, 0) is 11.3 Å². The summed E-state index contributed by atoms with van der Waals surface area (Å²) in [5, 5.41) is 26.6. The Bertz CT molecular complexity index is 1220. The highest BCUT2D eigenvalue weighted by Gasteiger charge is 2.20. The molecule has 0 bridgehead atoms. The number of carbonyl (C=O) groups is 1. The standard InChI is InChI=1S/C20H16ClN5O5/c1-12-3-6-18(30-2)17(7-12)23-20(27)13(9-22)8-14-4-5-15(31-14)10-25-11-16(21)19(24-25)26(28)29/h3-8,11H,10H2,1-2H3,(H,23,27). The van der Waals surface area contributed by atoms with Gasteiger partial charge >= 0.3 is 5.82 Å². The number of carbonyl (C=O) groups excluding carboxylic acids is 1. The zero-order valence-corrected chi connectivity index (χ0v) is 17.2. The molecule has 3 aromatic rings. The van der Waals surface area contributed by atoms with Gasteiger partial charge in [0.15, 0.2) is 5.02 Å². The van der Waals surface area contributed by atoms with Crippen LogP contribution in [0.4, 0.5) is 11.5 Å². The average Bonchev–Trinajstić information content (AvgIpc) is 3.32. The normalized spacial score (nSPS) is 11.1. The lowest BCUT2D eigenvalue weighted by molar-refractivity contribution is -0.389. The topological polar surface area (TPSA) is 136 Å². The minimum Gasteiger partial charge on any atom is -0.495 e. The number of furan rings is 1. The molecule has 158 valence electrons. The van der Waals surface area contributed by atoms with Gasteiger partial charge in [0.05, 0.1) is 24.1 Å². The zero-order chi connectivity index (χ0) is 22.5. The highest BCUT2D eigenvalue weighted by Crippen LogP contribution is 2.26. The highest BCUT2D eigenvalue weighted by atomic mass is 35.5. The van der Waals surface area contributed by atoms with E-state index in [1.54, 1.807) is 24.3 Å². The molecule has 0 unspecified atom stereocenters. The number of nitro groups is 1. The molecule has 0 spiro atoms. The Morgan fingerprint density at radius 1 is 1.45 bits per heavy atom. The maximum Gasteiger partial charge on any atom is 0.408 e. The molecule has 0 atom stereocenters. The second-order valence-corrected chi connectivity index (χ2v) is 6.79. The number of benzene rings is 1. The molecular formula is C20H16ClN5O5. The van der Waals surface area contributed by atoms with Crippen LogP contribution >= 0.6 is 11.6 Å². The Morgan fingerprint density at radius 2 is 2.23 bits per heavy atom. The Labute approximate surface area is 181 Å². The van der Waals surface area contributed by atoms with E-state index >= 15 is 0 Å². The first kappa shape index (κ1) is 21.6. The minimum atomic E-state index is -0.684. The molecule has 1 amide bonds. The van der Waals surface area contributed by atoms with Crippen molar-refractivity contribution in [2.24, 2.45) is 0 Å². The lowest BCUT2D eigenvalue weighted by Gasteiger charge is -2.10. The van der Waals surface area contributed by atoms with Crippen LogP contribution in [0.1, 0.15) is 17.1 Å². The van der Waals surface area contributed by atoms with Crippen molar-refractivity contribution >= 4 is 35.1 Å². The Kier molecular flexibility index (Phi) is 6.37. The van der Waals surface area contributed by atoms with Crippen LogP contribution in [0, 0.1) is 28.4 Å². The summed E-state index contributed by atoms with van der Waals surface area (Å²) in [5.74, 6) is 0.0368. The minimum absolute atomic E-state index is 0.0793. The second-order valence-electron chi connectivity index (χ2n) is 6.39. The predicted molar refractivity (Wildman–Crippen MR) is 112 cm³/mol. The van der Waals surface area contributed by atoms with E-state index in [1.165, 1.54) is 24.1 Å². The van der Waals surface area contributed by atoms with Crippen LogP contribution in [0.15, 0.2) is 46.5 Å². The molecule has 0 aliphatic rings. The van der Waals surface area contributed by atoms with Crippen molar-refractivity contribution in [3.8, 4) is 11.8 Å². The van der Waals surface area contributed by atoms with Crippen molar-refractivity contribution in [3.63, 3.8) is 0 Å². The van der Waals surface area contributed by atoms with Gasteiger partial charge in [0.1, 0.15) is 35.5 Å². The van der Waals surface area contributed by atoms with Gasteiger partial charge < -0.3 is 24.6 Å². The second kappa shape index (κ2) is 9.15. The van der Waals surface area contributed by atoms with Crippen LogP contribution in [0.25, 0.3) is 6.08 Å². The average molecular weight is 442 g/mol. The third-order valence-corrected chi connectivity index (χ3v) is 4.39. The van der Waals surface area contributed by atoms with Gasteiger partial charge in [-0.25, -0.2) is 0 Å². The number of nitrogens with one attached hydrogen (secondary N) is 1. The van der Waals surface area contributed by atoms with E-state index in [-0.39, 0.29) is 22.9 Å². The van der Waals surface area contributed by atoms with Gasteiger partial charge in [-0.1, -0.05) is 17.7 Å². The Morgan fingerprint density at radius 3 is 2.87 bits per heavy atom. The summed E-state index contributed by atoms with van der Waals surface area (Å²) >= 11 is 5.78. The Hall–Kier alpha value is -4.10. The number of nitrogens with zero attached hydrogens (tertiary/aromatic N) is 4. The van der Waals surface area contributed by atoms with Crippen molar-refractivity contribution < 1.29 is 18.9 Å². The summed E-state index contributed by atoms with van der Waals surface area (Å²) < 4.78 is 12.1. The summed E-state index contributed by atoms with van der Waals surface area (Å²) in [6.07, 6.45) is 2.60. The van der Waals surface area contributed by atoms with Gasteiger partial charge in [0.25, 0.3) is 5.91 Å². The molecule has 11 heteroatoms. The number of halogens is 1. The third kappa shape index (κ3) is 5.09. The predicted octanol–water partition coefficient (Wildman–Crippen LogP) is 3.95. The number of methoxy groups -OCH3 is 1. The van der Waals surface area contributed by atoms with Crippen LogP contribution < -0.4 is 10.1 Å². The van der Waals surface area contributed by atoms with Gasteiger partial charge in [-0.3, -0.25) is 4.79 Å². The summed E-state index contributed by atoms with van der Waals surface area (Å²) in [7, 11) is 1.48. The number of anilines is 1. The zero-order valence-electron chi connectivity index (χ0n) is 16.5. The van der Waals surface area contributed by atoms with Crippen LogP contribution in [0.3, 0.4) is 0 Å². The summed E-state index contributed by atoms with van der Waals surface area (Å²) in [4.78, 5) is 22.7. The first-order chi connectivity index (χ1) is 14.8. The van der Waals surface area contributed by atoms with E-state index in [0.29, 0.717) is 17.2 Å². The van der Waals surface area contributed by atoms with E-state index in [9.17, 15) is 20.2 Å². The molecule has 0 radical (unpaired) electrons. The van der Waals surface area contributed by atoms with E-state index in [4.69, 9.17) is 20.8 Å². The first-order valence-corrected chi connectivity index (χ1v) is 9.22. The van der Waals surface area contributed by atoms with Gasteiger partial charge in [0, 0.05) is 6.08 Å². The van der Waals surface area contributed by atoms with Crippen molar-refractivity contribution in [2.45, 2.75) is 13.5 Å². The third-order valence-electron chi connectivity index (χ3n) is 4.13. The monoisotopic (exact) mass is 441 g/mol. The summed E-state index contributed by atoms with van der Waals surface area (Å²) in [6, 6.07) is 10.3. The van der Waals surface area contributed by atoms with Gasteiger partial charge in [-0.2, -0.15) is 9.94 Å². The van der Waals surface area contributed by atoms with E-state index in [0.717, 1.165) is 5.56 Å². The summed E-state index contributed by atoms with van der Waals surface area (Å²) in [6.45, 7) is 1.94. The Balaban J connectivity index is 1.76. The molecule has 31 heavy (non-hydrogen) atoms. The van der Waals surface area contributed by atoms with Crippen LogP contribution in [-0.4, -0.2) is 27.7 Å². The summed E-state index contributed by atoms with van der Waals surface area (Å²) in [5.41, 5.74) is 1.17. The number of ether oxygens (including phenoxy) is 1. The number of aromatic nitrogens is 2. The maximum absolute atomic E-state index is 12.5. The maximum atomic E-state index is 12.5. The van der Waals surface area contributed by atoms with Crippen molar-refractivity contribution in [2.75, 3.05) is 12.4 Å². The van der Waals surface area contributed by atoms with Gasteiger partial charge in [0.2, 0.25) is 0 Å². The fourth-order valence-electron chi connectivity index (χ4n) is 2.71. The lowest BCUT2D eigenvalue weighted by Crippen LogP contribution is -2.14. The van der Waals surface area contributed by atoms with E-state index in [2.05, 4.69) is 10.4 Å². The number of aryl methyl sites for hydroxylation is 1. The molecule has 2 aromatic heterocycles. The van der Waals surface area contributed by atoms with Crippen molar-refractivity contribution in [1.29, 1.82) is 5.26 Å². The number of rotatable bonds is 7. The molecule has 0 saturated carbocycles. The van der Waals surface area contributed by atoms with Gasteiger partial charge in [-0.05, 0) is 41.7 Å². The largest absolute Gasteiger partial charge is 0.495 e. The van der Waals surface area contributed by atoms with E-state index < -0.39 is 16.6 Å². The van der Waals surface area contributed by atoms with Crippen molar-refractivity contribution in [3.05, 3.63) is 74.3 Å². The first-order valence-electron chi connectivity index (χ1n) is 8.84. The van der Waals surface area contributed by atoms with Crippen LogP contribution in [0.2, 0.25) is 5.02 Å². The smallest absolute Gasteiger partial charge is 0.408 e. The molecule has 2 heterocycles. The number of hydrogen-bond donors (Lipinski definition) is 1. The molecule has 1 N–H and O–H groups in total. The molecule has 10 nitrogen and oxygen atoms in total. The molecular weight excluding hydrogens is 426 g/mol. The van der Waals surface area contributed by atoms with Crippen molar-refractivity contribution in [1.82, 2.24) is 9.78 Å². The molecule has 3 rings (SSSR count). The highest BCUT2D eigenvalue weighted by molar-refractivity contribution is 6.32. The molecule has 0 aliphatic carbocycles. The van der Waals surface area contributed by atoms with Gasteiger partial charge in [-0.15, -0.1) is 0 Å².